The van der Waals surface area contributed by atoms with Crippen LogP contribution in [0.4, 0.5) is 10.5 Å². The van der Waals surface area contributed by atoms with Gasteiger partial charge in [0.2, 0.25) is 0 Å². The molecule has 0 aliphatic carbocycles. The molecule has 0 radical (unpaired) electrons. The van der Waals surface area contributed by atoms with E-state index in [1.54, 1.807) is 48.5 Å². The number of benzene rings is 3. The monoisotopic (exact) mass is 506 g/mol. The Morgan fingerprint density at radius 1 is 0.972 bits per heavy atom. The van der Waals surface area contributed by atoms with Crippen molar-refractivity contribution in [3.05, 3.63) is 98.9 Å². The van der Waals surface area contributed by atoms with Crippen LogP contribution in [-0.4, -0.2) is 41.2 Å². The molecule has 184 valence electrons. The molecule has 3 aromatic rings. The van der Waals surface area contributed by atoms with Gasteiger partial charge in [0.05, 0.1) is 23.5 Å². The Kier molecular flexibility index (Phi) is 7.86. The van der Waals surface area contributed by atoms with Gasteiger partial charge in [-0.3, -0.25) is 24.6 Å². The van der Waals surface area contributed by atoms with E-state index in [4.69, 9.17) is 14.2 Å². The van der Waals surface area contributed by atoms with Crippen LogP contribution in [-0.2, 0) is 11.4 Å². The van der Waals surface area contributed by atoms with Gasteiger partial charge in [-0.1, -0.05) is 36.4 Å². The van der Waals surface area contributed by atoms with Gasteiger partial charge >= 0.3 is 0 Å². The maximum Gasteiger partial charge on any atom is 0.293 e. The lowest BCUT2D eigenvalue weighted by atomic mass is 10.1. The summed E-state index contributed by atoms with van der Waals surface area (Å²) in [4.78, 5) is 37.1. The maximum absolute atomic E-state index is 12.8. The van der Waals surface area contributed by atoms with E-state index in [2.05, 4.69) is 0 Å². The molecule has 2 amide bonds. The summed E-state index contributed by atoms with van der Waals surface area (Å²) in [7, 11) is 1.49. The fourth-order valence-corrected chi connectivity index (χ4v) is 4.29. The number of carbonyl (C=O) groups is 2. The number of non-ortho nitro benzene ring substituents is 1. The molecule has 3 aromatic carbocycles. The van der Waals surface area contributed by atoms with Crippen molar-refractivity contribution in [3.63, 3.8) is 0 Å². The van der Waals surface area contributed by atoms with Gasteiger partial charge in [-0.15, -0.1) is 0 Å². The first kappa shape index (κ1) is 24.8. The molecule has 0 aromatic heterocycles. The smallest absolute Gasteiger partial charge is 0.293 e. The number of methoxy groups -OCH3 is 1. The molecule has 1 aliphatic rings. The molecule has 36 heavy (non-hydrogen) atoms. The minimum absolute atomic E-state index is 0.0148. The number of imide groups is 1. The van der Waals surface area contributed by atoms with E-state index in [9.17, 15) is 19.7 Å². The summed E-state index contributed by atoms with van der Waals surface area (Å²) in [5.74, 6) is 1.14. The number of thioether (sulfide) groups is 1. The molecule has 1 saturated heterocycles. The Bertz CT molecular complexity index is 1310. The van der Waals surface area contributed by atoms with Crippen LogP contribution in [0.1, 0.15) is 11.1 Å². The fraction of sp³-hybridized carbons (Fsp3) is 0.154. The molecular formula is C26H22N2O7S. The zero-order valence-electron chi connectivity index (χ0n) is 19.3. The highest BCUT2D eigenvalue weighted by molar-refractivity contribution is 8.18. The number of hydrogen-bond donors (Lipinski definition) is 0. The Morgan fingerprint density at radius 2 is 1.78 bits per heavy atom. The Hall–Kier alpha value is -4.31. The van der Waals surface area contributed by atoms with Crippen molar-refractivity contribution in [2.45, 2.75) is 6.61 Å². The highest BCUT2D eigenvalue weighted by Crippen LogP contribution is 2.34. The van der Waals surface area contributed by atoms with Crippen molar-refractivity contribution < 1.29 is 28.7 Å². The number of amides is 2. The normalized spacial score (nSPS) is 14.2. The highest BCUT2D eigenvalue weighted by Gasteiger charge is 2.34. The molecule has 0 spiro atoms. The second-order valence-electron chi connectivity index (χ2n) is 7.62. The van der Waals surface area contributed by atoms with Crippen LogP contribution < -0.4 is 14.2 Å². The summed E-state index contributed by atoms with van der Waals surface area (Å²) < 4.78 is 16.8. The summed E-state index contributed by atoms with van der Waals surface area (Å²) in [6.07, 6.45) is 1.62. The first-order valence-corrected chi connectivity index (χ1v) is 11.7. The summed E-state index contributed by atoms with van der Waals surface area (Å²) in [6.45, 7) is 0.450. The van der Waals surface area contributed by atoms with E-state index in [1.807, 2.05) is 18.2 Å². The topological polar surface area (TPSA) is 108 Å². The Labute approximate surface area is 211 Å². The largest absolute Gasteiger partial charge is 0.493 e. The average molecular weight is 507 g/mol. The summed E-state index contributed by atoms with van der Waals surface area (Å²) >= 11 is 0.868. The highest BCUT2D eigenvalue weighted by atomic mass is 32.2. The van der Waals surface area contributed by atoms with Gasteiger partial charge in [0.15, 0.2) is 11.5 Å². The van der Waals surface area contributed by atoms with E-state index in [1.165, 1.54) is 19.2 Å². The molecule has 0 saturated carbocycles. The lowest BCUT2D eigenvalue weighted by Crippen LogP contribution is -2.32. The van der Waals surface area contributed by atoms with Gasteiger partial charge in [-0.2, -0.15) is 0 Å². The zero-order valence-corrected chi connectivity index (χ0v) is 20.1. The van der Waals surface area contributed by atoms with Gasteiger partial charge in [0, 0.05) is 12.1 Å². The van der Waals surface area contributed by atoms with Crippen LogP contribution in [0.25, 0.3) is 6.08 Å². The number of rotatable bonds is 10. The van der Waals surface area contributed by atoms with Crippen LogP contribution in [0.15, 0.2) is 77.7 Å². The molecule has 9 nitrogen and oxygen atoms in total. The van der Waals surface area contributed by atoms with Crippen LogP contribution in [0.2, 0.25) is 0 Å². The third-order valence-corrected chi connectivity index (χ3v) is 6.11. The molecule has 1 aliphatic heterocycles. The predicted molar refractivity (Wildman–Crippen MR) is 135 cm³/mol. The lowest BCUT2D eigenvalue weighted by molar-refractivity contribution is -0.384. The quantitative estimate of drug-likeness (QED) is 0.207. The molecule has 1 fully saturated rings. The van der Waals surface area contributed by atoms with E-state index < -0.39 is 4.92 Å². The molecule has 0 unspecified atom stereocenters. The van der Waals surface area contributed by atoms with Crippen LogP contribution in [0, 0.1) is 10.1 Å². The van der Waals surface area contributed by atoms with Crippen molar-refractivity contribution in [3.8, 4) is 17.2 Å². The number of nitro benzene ring substituents is 1. The lowest BCUT2D eigenvalue weighted by Gasteiger charge is -2.13. The first-order chi connectivity index (χ1) is 17.4. The predicted octanol–water partition coefficient (Wildman–Crippen LogP) is 5.30. The third-order valence-electron chi connectivity index (χ3n) is 5.20. The second-order valence-corrected chi connectivity index (χ2v) is 8.61. The van der Waals surface area contributed by atoms with Gasteiger partial charge < -0.3 is 14.2 Å². The second kappa shape index (κ2) is 11.4. The molecule has 0 bridgehead atoms. The maximum atomic E-state index is 12.8. The van der Waals surface area contributed by atoms with Gasteiger partial charge in [0.1, 0.15) is 19.0 Å². The number of hydrogen-bond acceptors (Lipinski definition) is 8. The zero-order chi connectivity index (χ0) is 25.5. The van der Waals surface area contributed by atoms with Crippen molar-refractivity contribution in [1.82, 2.24) is 4.90 Å². The number of carbonyl (C=O) groups excluding carboxylic acids is 2. The minimum Gasteiger partial charge on any atom is -0.493 e. The van der Waals surface area contributed by atoms with Crippen LogP contribution >= 0.6 is 11.8 Å². The van der Waals surface area contributed by atoms with Crippen molar-refractivity contribution in [1.29, 1.82) is 0 Å². The third kappa shape index (κ3) is 6.02. The summed E-state index contributed by atoms with van der Waals surface area (Å²) in [5.41, 5.74) is 1.28. The number of ether oxygens (including phenoxy) is 3. The Balaban J connectivity index is 1.40. The standard InChI is InChI=1S/C26H22N2O7S/c1-33-23-15-18(10-11-22(23)35-17-19-6-5-7-20(14-19)28(31)32)16-24-25(29)27(26(30)36-24)12-13-34-21-8-3-2-4-9-21/h2-11,14-16H,12-13,17H2,1H3/b24-16-. The number of nitro groups is 1. The van der Waals surface area contributed by atoms with Crippen molar-refractivity contribution in [2.24, 2.45) is 0 Å². The molecule has 0 atom stereocenters. The number of nitrogens with zero attached hydrogens (tertiary/aromatic N) is 2. The van der Waals surface area contributed by atoms with E-state index in [-0.39, 0.29) is 36.6 Å². The van der Waals surface area contributed by atoms with Gasteiger partial charge in [-0.05, 0) is 53.2 Å². The fourth-order valence-electron chi connectivity index (χ4n) is 3.43. The van der Waals surface area contributed by atoms with E-state index in [0.29, 0.717) is 33.3 Å². The van der Waals surface area contributed by atoms with Crippen molar-refractivity contribution in [2.75, 3.05) is 20.3 Å². The molecule has 0 N–H and O–H groups in total. The SMILES string of the molecule is COc1cc(/C=C2\SC(=O)N(CCOc3ccccc3)C2=O)ccc1OCc1cccc([N+](=O)[O-])c1. The number of para-hydroxylation sites is 1. The Morgan fingerprint density at radius 3 is 2.53 bits per heavy atom. The molecular weight excluding hydrogens is 484 g/mol. The van der Waals surface area contributed by atoms with Gasteiger partial charge in [-0.25, -0.2) is 0 Å². The van der Waals surface area contributed by atoms with E-state index in [0.717, 1.165) is 16.7 Å². The minimum atomic E-state index is -0.461. The van der Waals surface area contributed by atoms with Crippen LogP contribution in [0.3, 0.4) is 0 Å². The molecule has 1 heterocycles. The van der Waals surface area contributed by atoms with Crippen molar-refractivity contribution >= 4 is 34.7 Å². The van der Waals surface area contributed by atoms with Gasteiger partial charge in [0.25, 0.3) is 16.8 Å². The average Bonchev–Trinajstić information content (AvgIpc) is 3.15. The first-order valence-electron chi connectivity index (χ1n) is 10.9. The molecule has 10 heteroatoms. The molecule has 4 rings (SSSR count). The summed E-state index contributed by atoms with van der Waals surface area (Å²) in [6, 6.07) is 20.5. The summed E-state index contributed by atoms with van der Waals surface area (Å²) in [5, 5.41) is 10.6. The van der Waals surface area contributed by atoms with Crippen LogP contribution in [0.5, 0.6) is 17.2 Å². The van der Waals surface area contributed by atoms with E-state index >= 15 is 0 Å².